The molecule has 0 aromatic heterocycles. The standard InChI is InChI=1S/C31H32O4/c1-4-22(2)25-14-15-27-20-29(17-16-26(27)19-25)35-31(18-24-10-6-5-7-11-24)33-21-28-12-8-9-13-30(28)34-23(3)32/h5-17,19-20,22,31H,4,18,21H2,1-3H3. The zero-order valence-electron chi connectivity index (χ0n) is 20.6. The molecular formula is C31H32O4. The third-order valence-corrected chi connectivity index (χ3v) is 6.18. The van der Waals surface area contributed by atoms with Gasteiger partial charge in [-0.05, 0) is 52.4 Å². The van der Waals surface area contributed by atoms with Crippen LogP contribution in [0.1, 0.15) is 49.8 Å². The lowest BCUT2D eigenvalue weighted by Crippen LogP contribution is -2.23. The maximum Gasteiger partial charge on any atom is 0.308 e. The highest BCUT2D eigenvalue weighted by molar-refractivity contribution is 5.84. The highest BCUT2D eigenvalue weighted by Crippen LogP contribution is 2.28. The predicted octanol–water partition coefficient (Wildman–Crippen LogP) is 7.44. The van der Waals surface area contributed by atoms with Crippen LogP contribution in [0.4, 0.5) is 0 Å². The van der Waals surface area contributed by atoms with E-state index in [0.29, 0.717) is 18.1 Å². The Morgan fingerprint density at radius 2 is 1.57 bits per heavy atom. The van der Waals surface area contributed by atoms with Gasteiger partial charge in [0.15, 0.2) is 0 Å². The van der Waals surface area contributed by atoms with E-state index < -0.39 is 6.29 Å². The Kier molecular flexibility index (Phi) is 8.17. The van der Waals surface area contributed by atoms with Crippen molar-refractivity contribution in [2.24, 2.45) is 0 Å². The molecule has 0 aliphatic carbocycles. The summed E-state index contributed by atoms with van der Waals surface area (Å²) in [4.78, 5) is 11.5. The number of esters is 1. The molecule has 4 rings (SSSR count). The van der Waals surface area contributed by atoms with E-state index in [1.54, 1.807) is 6.07 Å². The molecule has 0 fully saturated rings. The van der Waals surface area contributed by atoms with Crippen LogP contribution in [0.2, 0.25) is 0 Å². The van der Waals surface area contributed by atoms with Crippen molar-refractivity contribution in [3.63, 3.8) is 0 Å². The van der Waals surface area contributed by atoms with Gasteiger partial charge >= 0.3 is 5.97 Å². The molecule has 0 saturated carbocycles. The molecule has 35 heavy (non-hydrogen) atoms. The summed E-state index contributed by atoms with van der Waals surface area (Å²) in [6, 6.07) is 30.3. The molecule has 2 atom stereocenters. The van der Waals surface area contributed by atoms with E-state index in [0.717, 1.165) is 28.7 Å². The van der Waals surface area contributed by atoms with E-state index >= 15 is 0 Å². The third-order valence-electron chi connectivity index (χ3n) is 6.18. The molecule has 4 heteroatoms. The molecule has 0 spiro atoms. The van der Waals surface area contributed by atoms with Gasteiger partial charge in [-0.3, -0.25) is 4.79 Å². The van der Waals surface area contributed by atoms with Crippen LogP contribution in [-0.2, 0) is 22.6 Å². The van der Waals surface area contributed by atoms with Crippen LogP contribution in [0.5, 0.6) is 11.5 Å². The minimum Gasteiger partial charge on any atom is -0.465 e. The van der Waals surface area contributed by atoms with Gasteiger partial charge in [0.2, 0.25) is 6.29 Å². The predicted molar refractivity (Wildman–Crippen MR) is 140 cm³/mol. The molecule has 4 aromatic carbocycles. The number of carbonyl (C=O) groups is 1. The Morgan fingerprint density at radius 1 is 0.857 bits per heavy atom. The zero-order chi connectivity index (χ0) is 24.6. The first-order valence-corrected chi connectivity index (χ1v) is 12.1. The van der Waals surface area contributed by atoms with Gasteiger partial charge in [0.05, 0.1) is 6.61 Å². The molecule has 0 amide bonds. The minimum atomic E-state index is -0.514. The summed E-state index contributed by atoms with van der Waals surface area (Å²) >= 11 is 0. The number of hydrogen-bond donors (Lipinski definition) is 0. The normalized spacial score (nSPS) is 12.8. The second-order valence-corrected chi connectivity index (χ2v) is 8.83. The summed E-state index contributed by atoms with van der Waals surface area (Å²) in [5, 5.41) is 2.33. The first kappa shape index (κ1) is 24.5. The molecule has 0 bridgehead atoms. The van der Waals surface area contributed by atoms with E-state index in [1.165, 1.54) is 17.9 Å². The van der Waals surface area contributed by atoms with Crippen LogP contribution < -0.4 is 9.47 Å². The fraction of sp³-hybridized carbons (Fsp3) is 0.258. The first-order valence-electron chi connectivity index (χ1n) is 12.1. The Morgan fingerprint density at radius 3 is 2.34 bits per heavy atom. The molecule has 4 nitrogen and oxygen atoms in total. The lowest BCUT2D eigenvalue weighted by molar-refractivity contribution is -0.132. The number of carbonyl (C=O) groups excluding carboxylic acids is 1. The quantitative estimate of drug-likeness (QED) is 0.138. The number of hydrogen-bond acceptors (Lipinski definition) is 4. The van der Waals surface area contributed by atoms with Gasteiger partial charge in [0.1, 0.15) is 11.5 Å². The SMILES string of the molecule is CCC(C)c1ccc2cc(OC(Cc3ccccc3)OCc3ccccc3OC(C)=O)ccc2c1. The summed E-state index contributed by atoms with van der Waals surface area (Å²) in [5.74, 6) is 1.43. The Balaban J connectivity index is 1.54. The number of ether oxygens (including phenoxy) is 3. The van der Waals surface area contributed by atoms with Crippen molar-refractivity contribution >= 4 is 16.7 Å². The Labute approximate surface area is 207 Å². The van der Waals surface area contributed by atoms with Gasteiger partial charge in [-0.2, -0.15) is 0 Å². The number of benzene rings is 4. The average molecular weight is 469 g/mol. The summed E-state index contributed by atoms with van der Waals surface area (Å²) in [7, 11) is 0. The molecule has 4 aromatic rings. The second-order valence-electron chi connectivity index (χ2n) is 8.83. The lowest BCUT2D eigenvalue weighted by atomic mass is 9.96. The van der Waals surface area contributed by atoms with Gasteiger partial charge in [-0.15, -0.1) is 0 Å². The summed E-state index contributed by atoms with van der Waals surface area (Å²) in [6.07, 6.45) is 1.19. The van der Waals surface area contributed by atoms with Crippen LogP contribution in [0.15, 0.2) is 91.0 Å². The molecule has 0 heterocycles. The summed E-state index contributed by atoms with van der Waals surface area (Å²) < 4.78 is 17.9. The van der Waals surface area contributed by atoms with Crippen LogP contribution in [-0.4, -0.2) is 12.3 Å². The highest BCUT2D eigenvalue weighted by Gasteiger charge is 2.15. The van der Waals surface area contributed by atoms with Crippen molar-refractivity contribution in [1.29, 1.82) is 0 Å². The summed E-state index contributed by atoms with van der Waals surface area (Å²) in [5.41, 5.74) is 3.26. The molecule has 0 saturated heterocycles. The lowest BCUT2D eigenvalue weighted by Gasteiger charge is -2.21. The molecule has 0 N–H and O–H groups in total. The fourth-order valence-electron chi connectivity index (χ4n) is 4.01. The summed E-state index contributed by atoms with van der Waals surface area (Å²) in [6.45, 7) is 6.12. The first-order chi connectivity index (χ1) is 17.0. The molecule has 0 aliphatic heterocycles. The van der Waals surface area contributed by atoms with Crippen molar-refractivity contribution in [2.45, 2.75) is 52.4 Å². The largest absolute Gasteiger partial charge is 0.465 e. The molecular weight excluding hydrogens is 436 g/mol. The maximum atomic E-state index is 11.5. The monoisotopic (exact) mass is 468 g/mol. The van der Waals surface area contributed by atoms with Gasteiger partial charge in [0.25, 0.3) is 0 Å². The molecule has 0 radical (unpaired) electrons. The average Bonchev–Trinajstić information content (AvgIpc) is 2.87. The number of para-hydroxylation sites is 1. The maximum absolute atomic E-state index is 11.5. The molecule has 2 unspecified atom stereocenters. The smallest absolute Gasteiger partial charge is 0.308 e. The third kappa shape index (κ3) is 6.71. The van der Waals surface area contributed by atoms with Crippen molar-refractivity contribution in [1.82, 2.24) is 0 Å². The van der Waals surface area contributed by atoms with Gasteiger partial charge < -0.3 is 14.2 Å². The molecule has 0 aliphatic rings. The Bertz CT molecular complexity index is 1270. The van der Waals surface area contributed by atoms with Crippen molar-refractivity contribution in [2.75, 3.05) is 0 Å². The van der Waals surface area contributed by atoms with E-state index in [2.05, 4.69) is 56.3 Å². The van der Waals surface area contributed by atoms with Crippen LogP contribution in [0.3, 0.4) is 0 Å². The zero-order valence-corrected chi connectivity index (χ0v) is 20.6. The van der Waals surface area contributed by atoms with Crippen molar-refractivity contribution in [3.05, 3.63) is 108 Å². The van der Waals surface area contributed by atoms with Crippen LogP contribution in [0, 0.1) is 0 Å². The van der Waals surface area contributed by atoms with E-state index in [9.17, 15) is 4.79 Å². The van der Waals surface area contributed by atoms with Crippen molar-refractivity contribution < 1.29 is 19.0 Å². The van der Waals surface area contributed by atoms with E-state index in [4.69, 9.17) is 14.2 Å². The van der Waals surface area contributed by atoms with Crippen molar-refractivity contribution in [3.8, 4) is 11.5 Å². The number of rotatable bonds is 10. The van der Waals surface area contributed by atoms with Gasteiger partial charge in [0, 0.05) is 18.9 Å². The number of fused-ring (bicyclic) bond motifs is 1. The minimum absolute atomic E-state index is 0.257. The van der Waals surface area contributed by atoms with E-state index in [1.807, 2.05) is 42.5 Å². The second kappa shape index (κ2) is 11.7. The van der Waals surface area contributed by atoms with Gasteiger partial charge in [-0.1, -0.05) is 86.6 Å². The highest BCUT2D eigenvalue weighted by atomic mass is 16.7. The van der Waals surface area contributed by atoms with Crippen LogP contribution >= 0.6 is 0 Å². The van der Waals surface area contributed by atoms with Gasteiger partial charge in [-0.25, -0.2) is 0 Å². The molecule has 180 valence electrons. The van der Waals surface area contributed by atoms with E-state index in [-0.39, 0.29) is 12.6 Å². The topological polar surface area (TPSA) is 44.8 Å². The van der Waals surface area contributed by atoms with Crippen LogP contribution in [0.25, 0.3) is 10.8 Å². The fourth-order valence-corrected chi connectivity index (χ4v) is 4.01. The Hall–Kier alpha value is -3.63.